The molecule has 1 aliphatic heterocycles. The van der Waals surface area contributed by atoms with Crippen LogP contribution >= 0.6 is 11.6 Å². The molecule has 0 spiro atoms. The molecule has 1 heterocycles. The van der Waals surface area contributed by atoms with Gasteiger partial charge in [-0.2, -0.15) is 0 Å². The SMILES string of the molecule is Cc1cc(Cl)ccc1NC(=O)Nc1ccc2c(c1)OCO2. The van der Waals surface area contributed by atoms with Gasteiger partial charge in [-0.1, -0.05) is 11.6 Å². The van der Waals surface area contributed by atoms with Crippen LogP contribution in [0, 0.1) is 6.92 Å². The molecule has 2 N–H and O–H groups in total. The zero-order chi connectivity index (χ0) is 14.8. The van der Waals surface area contributed by atoms with Crippen molar-refractivity contribution in [3.05, 3.63) is 47.0 Å². The van der Waals surface area contributed by atoms with Crippen LogP contribution in [0.2, 0.25) is 5.02 Å². The Balaban J connectivity index is 1.69. The Kier molecular flexibility index (Phi) is 3.58. The van der Waals surface area contributed by atoms with Crippen molar-refractivity contribution >= 4 is 29.0 Å². The van der Waals surface area contributed by atoms with Crippen LogP contribution in [0.1, 0.15) is 5.56 Å². The summed E-state index contributed by atoms with van der Waals surface area (Å²) in [5, 5.41) is 6.15. The largest absolute Gasteiger partial charge is 0.454 e. The summed E-state index contributed by atoms with van der Waals surface area (Å²) >= 11 is 5.88. The van der Waals surface area contributed by atoms with Gasteiger partial charge < -0.3 is 20.1 Å². The lowest BCUT2D eigenvalue weighted by molar-refractivity contribution is 0.174. The summed E-state index contributed by atoms with van der Waals surface area (Å²) in [5.74, 6) is 1.30. The predicted octanol–water partition coefficient (Wildman–Crippen LogP) is 4.02. The molecule has 108 valence electrons. The fourth-order valence-corrected chi connectivity index (χ4v) is 2.25. The van der Waals surface area contributed by atoms with Crippen LogP contribution in [-0.2, 0) is 0 Å². The average Bonchev–Trinajstić information content (AvgIpc) is 2.89. The van der Waals surface area contributed by atoms with Gasteiger partial charge in [-0.15, -0.1) is 0 Å². The number of ether oxygens (including phenoxy) is 2. The summed E-state index contributed by atoms with van der Waals surface area (Å²) in [6, 6.07) is 10.2. The Bertz CT molecular complexity index is 703. The van der Waals surface area contributed by atoms with E-state index in [0.717, 1.165) is 5.56 Å². The number of benzene rings is 2. The van der Waals surface area contributed by atoms with Gasteiger partial charge in [0.2, 0.25) is 6.79 Å². The molecule has 2 aromatic rings. The van der Waals surface area contributed by atoms with E-state index in [-0.39, 0.29) is 12.8 Å². The van der Waals surface area contributed by atoms with Crippen molar-refractivity contribution < 1.29 is 14.3 Å². The van der Waals surface area contributed by atoms with Crippen molar-refractivity contribution in [1.29, 1.82) is 0 Å². The second-order valence-electron chi connectivity index (χ2n) is 4.61. The molecule has 0 atom stereocenters. The zero-order valence-electron chi connectivity index (χ0n) is 11.3. The van der Waals surface area contributed by atoms with Gasteiger partial charge >= 0.3 is 6.03 Å². The first-order valence-electron chi connectivity index (χ1n) is 6.35. The molecule has 2 amide bonds. The first-order valence-corrected chi connectivity index (χ1v) is 6.73. The van der Waals surface area contributed by atoms with Crippen molar-refractivity contribution in [2.75, 3.05) is 17.4 Å². The molecule has 1 aliphatic rings. The lowest BCUT2D eigenvalue weighted by Gasteiger charge is -2.10. The first-order chi connectivity index (χ1) is 10.1. The van der Waals surface area contributed by atoms with E-state index in [2.05, 4.69) is 10.6 Å². The highest BCUT2D eigenvalue weighted by atomic mass is 35.5. The Labute approximate surface area is 126 Å². The molecule has 2 aromatic carbocycles. The van der Waals surface area contributed by atoms with Gasteiger partial charge in [-0.3, -0.25) is 0 Å². The average molecular weight is 305 g/mol. The molecule has 3 rings (SSSR count). The van der Waals surface area contributed by atoms with E-state index < -0.39 is 0 Å². The highest BCUT2D eigenvalue weighted by Gasteiger charge is 2.14. The number of fused-ring (bicyclic) bond motifs is 1. The maximum Gasteiger partial charge on any atom is 0.323 e. The van der Waals surface area contributed by atoms with Crippen molar-refractivity contribution in [3.8, 4) is 11.5 Å². The summed E-state index contributed by atoms with van der Waals surface area (Å²) < 4.78 is 10.5. The minimum absolute atomic E-state index is 0.203. The molecule has 21 heavy (non-hydrogen) atoms. The molecule has 5 nitrogen and oxygen atoms in total. The number of hydrogen-bond acceptors (Lipinski definition) is 3. The van der Waals surface area contributed by atoms with Crippen molar-refractivity contribution in [2.45, 2.75) is 6.92 Å². The third-order valence-electron chi connectivity index (χ3n) is 3.07. The Morgan fingerprint density at radius 2 is 1.90 bits per heavy atom. The molecule has 6 heteroatoms. The third-order valence-corrected chi connectivity index (χ3v) is 3.30. The van der Waals surface area contributed by atoms with Gasteiger partial charge in [0.15, 0.2) is 11.5 Å². The normalized spacial score (nSPS) is 12.1. The van der Waals surface area contributed by atoms with Gasteiger partial charge in [0, 0.05) is 22.5 Å². The highest BCUT2D eigenvalue weighted by molar-refractivity contribution is 6.30. The number of amides is 2. The lowest BCUT2D eigenvalue weighted by atomic mass is 10.2. The minimum Gasteiger partial charge on any atom is -0.454 e. The number of carbonyl (C=O) groups excluding carboxylic acids is 1. The van der Waals surface area contributed by atoms with E-state index in [0.29, 0.717) is 27.9 Å². The Morgan fingerprint density at radius 1 is 1.10 bits per heavy atom. The zero-order valence-corrected chi connectivity index (χ0v) is 12.0. The quantitative estimate of drug-likeness (QED) is 0.881. The van der Waals surface area contributed by atoms with E-state index in [1.54, 1.807) is 36.4 Å². The third kappa shape index (κ3) is 3.03. The molecule has 0 aromatic heterocycles. The summed E-state index contributed by atoms with van der Waals surface area (Å²) in [6.07, 6.45) is 0. The predicted molar refractivity (Wildman–Crippen MR) is 81.4 cm³/mol. The van der Waals surface area contributed by atoms with Crippen molar-refractivity contribution in [2.24, 2.45) is 0 Å². The van der Waals surface area contributed by atoms with Crippen LogP contribution in [0.5, 0.6) is 11.5 Å². The maximum absolute atomic E-state index is 12.0. The van der Waals surface area contributed by atoms with E-state index >= 15 is 0 Å². The fraction of sp³-hybridized carbons (Fsp3) is 0.133. The van der Waals surface area contributed by atoms with E-state index in [1.807, 2.05) is 6.92 Å². The number of carbonyl (C=O) groups is 1. The number of hydrogen-bond donors (Lipinski definition) is 2. The Morgan fingerprint density at radius 3 is 2.71 bits per heavy atom. The number of rotatable bonds is 2. The van der Waals surface area contributed by atoms with E-state index in [1.165, 1.54) is 0 Å². The van der Waals surface area contributed by atoms with Crippen LogP contribution in [0.3, 0.4) is 0 Å². The van der Waals surface area contributed by atoms with Crippen LogP contribution in [-0.4, -0.2) is 12.8 Å². The molecule has 0 saturated heterocycles. The molecule has 0 unspecified atom stereocenters. The van der Waals surface area contributed by atoms with Crippen LogP contribution in [0.4, 0.5) is 16.2 Å². The molecular formula is C15H13ClN2O3. The molecule has 0 aliphatic carbocycles. The monoisotopic (exact) mass is 304 g/mol. The number of urea groups is 1. The number of halogens is 1. The summed E-state index contributed by atoms with van der Waals surface area (Å²) in [4.78, 5) is 12.0. The second-order valence-corrected chi connectivity index (χ2v) is 5.04. The topological polar surface area (TPSA) is 59.6 Å². The van der Waals surface area contributed by atoms with Gasteiger partial charge in [0.1, 0.15) is 0 Å². The van der Waals surface area contributed by atoms with Crippen LogP contribution in [0.25, 0.3) is 0 Å². The molecule has 0 fully saturated rings. The second kappa shape index (κ2) is 5.54. The van der Waals surface area contributed by atoms with E-state index in [4.69, 9.17) is 21.1 Å². The van der Waals surface area contributed by atoms with Gasteiger partial charge in [0.05, 0.1) is 0 Å². The number of nitrogens with one attached hydrogen (secondary N) is 2. The highest BCUT2D eigenvalue weighted by Crippen LogP contribution is 2.34. The smallest absolute Gasteiger partial charge is 0.323 e. The van der Waals surface area contributed by atoms with Crippen LogP contribution in [0.15, 0.2) is 36.4 Å². The first kappa shape index (κ1) is 13.6. The van der Waals surface area contributed by atoms with Gasteiger partial charge in [-0.05, 0) is 42.8 Å². The van der Waals surface area contributed by atoms with Gasteiger partial charge in [-0.25, -0.2) is 4.79 Å². The van der Waals surface area contributed by atoms with E-state index in [9.17, 15) is 4.79 Å². The molecule has 0 saturated carbocycles. The molecule has 0 radical (unpaired) electrons. The summed E-state index contributed by atoms with van der Waals surface area (Å²) in [7, 11) is 0. The Hall–Kier alpha value is -2.40. The van der Waals surface area contributed by atoms with Crippen molar-refractivity contribution in [3.63, 3.8) is 0 Å². The van der Waals surface area contributed by atoms with Gasteiger partial charge in [0.25, 0.3) is 0 Å². The number of anilines is 2. The summed E-state index contributed by atoms with van der Waals surface area (Å²) in [6.45, 7) is 2.08. The minimum atomic E-state index is -0.334. The van der Waals surface area contributed by atoms with Crippen molar-refractivity contribution in [1.82, 2.24) is 0 Å². The maximum atomic E-state index is 12.0. The van der Waals surface area contributed by atoms with Crippen LogP contribution < -0.4 is 20.1 Å². The lowest BCUT2D eigenvalue weighted by Crippen LogP contribution is -2.19. The molecule has 0 bridgehead atoms. The number of aryl methyl sites for hydroxylation is 1. The molecular weight excluding hydrogens is 292 g/mol. The summed E-state index contributed by atoms with van der Waals surface area (Å²) in [5.41, 5.74) is 2.23. The fourth-order valence-electron chi connectivity index (χ4n) is 2.03. The standard InChI is InChI=1S/C15H13ClN2O3/c1-9-6-10(16)2-4-12(9)18-15(19)17-11-3-5-13-14(7-11)21-8-20-13/h2-7H,8H2,1H3,(H2,17,18,19).